The van der Waals surface area contributed by atoms with Gasteiger partial charge in [0.2, 0.25) is 5.91 Å². The predicted molar refractivity (Wildman–Crippen MR) is 86.3 cm³/mol. The van der Waals surface area contributed by atoms with Crippen molar-refractivity contribution in [2.45, 2.75) is 38.4 Å². The van der Waals surface area contributed by atoms with E-state index in [4.69, 9.17) is 0 Å². The zero-order chi connectivity index (χ0) is 17.5. The van der Waals surface area contributed by atoms with Crippen molar-refractivity contribution < 1.29 is 18.0 Å². The molecule has 0 bridgehead atoms. The molecule has 1 amide bonds. The fraction of sp³-hybridized carbons (Fsp3) is 0.389. The number of fused-ring (bicyclic) bond motifs is 1. The number of alkyl halides is 3. The first kappa shape index (κ1) is 16.8. The number of nitrogens with one attached hydrogen (secondary N) is 1. The van der Waals surface area contributed by atoms with E-state index in [9.17, 15) is 18.0 Å². The van der Waals surface area contributed by atoms with E-state index in [1.54, 1.807) is 12.1 Å². The van der Waals surface area contributed by atoms with Crippen LogP contribution in [0, 0.1) is 0 Å². The van der Waals surface area contributed by atoms with Crippen molar-refractivity contribution in [1.82, 2.24) is 10.4 Å². The molecule has 1 fully saturated rings. The second-order valence-corrected chi connectivity index (χ2v) is 6.41. The summed E-state index contributed by atoms with van der Waals surface area (Å²) in [6.07, 6.45) is -4.39. The molecule has 1 aliphatic rings. The summed E-state index contributed by atoms with van der Waals surface area (Å²) < 4.78 is 40.8. The third kappa shape index (κ3) is 3.11. The van der Waals surface area contributed by atoms with Crippen LogP contribution in [0.5, 0.6) is 0 Å². The van der Waals surface area contributed by atoms with Gasteiger partial charge in [0.05, 0.1) is 0 Å². The summed E-state index contributed by atoms with van der Waals surface area (Å²) in [4.78, 5) is 11.3. The summed E-state index contributed by atoms with van der Waals surface area (Å²) in [5.41, 5.74) is 3.56. The second kappa shape index (κ2) is 6.09. The lowest BCUT2D eigenvalue weighted by atomic mass is 9.93. The smallest absolute Gasteiger partial charge is 0.288 e. The molecule has 1 saturated heterocycles. The first-order valence-electron chi connectivity index (χ1n) is 7.93. The largest absolute Gasteiger partial charge is 0.409 e. The number of nitrogens with zero attached hydrogens (tertiary/aromatic N) is 1. The maximum atomic E-state index is 13.6. The molecule has 128 valence electrons. The zero-order valence-electron chi connectivity index (χ0n) is 13.5. The molecule has 0 saturated carbocycles. The van der Waals surface area contributed by atoms with E-state index in [-0.39, 0.29) is 30.4 Å². The van der Waals surface area contributed by atoms with Crippen molar-refractivity contribution in [3.8, 4) is 0 Å². The Morgan fingerprint density at radius 3 is 2.50 bits per heavy atom. The fourth-order valence-electron chi connectivity index (χ4n) is 3.23. The fourth-order valence-corrected chi connectivity index (χ4v) is 3.23. The van der Waals surface area contributed by atoms with Crippen molar-refractivity contribution in [1.29, 1.82) is 0 Å². The number of carbonyl (C=O) groups excluding carboxylic acids is 1. The lowest BCUT2D eigenvalue weighted by Crippen LogP contribution is -2.43. The average Bonchev–Trinajstić information content (AvgIpc) is 2.91. The van der Waals surface area contributed by atoms with Crippen LogP contribution in [-0.4, -0.2) is 23.6 Å². The molecular weight excluding hydrogens is 317 g/mol. The number of benzene rings is 2. The molecule has 3 rings (SSSR count). The van der Waals surface area contributed by atoms with E-state index in [1.807, 2.05) is 18.2 Å². The van der Waals surface area contributed by atoms with Crippen molar-refractivity contribution in [2.75, 3.05) is 6.54 Å². The number of amides is 1. The third-order valence-electron chi connectivity index (χ3n) is 4.35. The van der Waals surface area contributed by atoms with E-state index in [0.29, 0.717) is 0 Å². The first-order chi connectivity index (χ1) is 11.3. The lowest BCUT2D eigenvalue weighted by molar-refractivity contribution is -0.191. The number of rotatable bonds is 3. The van der Waals surface area contributed by atoms with Gasteiger partial charge in [-0.25, -0.2) is 5.01 Å². The van der Waals surface area contributed by atoms with Gasteiger partial charge in [-0.2, -0.15) is 13.2 Å². The van der Waals surface area contributed by atoms with Crippen LogP contribution in [0.2, 0.25) is 0 Å². The highest BCUT2D eigenvalue weighted by molar-refractivity contribution is 5.87. The van der Waals surface area contributed by atoms with Gasteiger partial charge in [0.1, 0.15) is 6.04 Å². The standard InChI is InChI=1S/C18H19F3N2O/c1-11(2)14-5-3-4-12-10-13(6-7-15(12)14)17(18(19,20)21)23-9-8-16(24)22-23/h3-7,10-11,17H,8-9H2,1-2H3,(H,22,24)/t17-/m0/s1. The summed E-state index contributed by atoms with van der Waals surface area (Å²) in [5.74, 6) is -0.0945. The van der Waals surface area contributed by atoms with Gasteiger partial charge in [-0.3, -0.25) is 10.2 Å². The predicted octanol–water partition coefficient (Wildman–Crippen LogP) is 4.30. The van der Waals surface area contributed by atoms with Gasteiger partial charge >= 0.3 is 6.18 Å². The number of carbonyl (C=O) groups is 1. The SMILES string of the molecule is CC(C)c1cccc2cc([C@H](N3CCC(=O)N3)C(F)(F)F)ccc12. The van der Waals surface area contributed by atoms with Crippen molar-refractivity contribution in [2.24, 2.45) is 0 Å². The van der Waals surface area contributed by atoms with E-state index < -0.39 is 12.2 Å². The third-order valence-corrected chi connectivity index (χ3v) is 4.35. The molecule has 0 unspecified atom stereocenters. The van der Waals surface area contributed by atoms with Crippen LogP contribution in [0.15, 0.2) is 36.4 Å². The highest BCUT2D eigenvalue weighted by atomic mass is 19.4. The van der Waals surface area contributed by atoms with Crippen LogP contribution in [0.3, 0.4) is 0 Å². The molecule has 1 N–H and O–H groups in total. The van der Waals surface area contributed by atoms with Gasteiger partial charge in [0.15, 0.2) is 0 Å². The van der Waals surface area contributed by atoms with Gasteiger partial charge in [0, 0.05) is 13.0 Å². The highest BCUT2D eigenvalue weighted by Gasteiger charge is 2.46. The summed E-state index contributed by atoms with van der Waals surface area (Å²) in [7, 11) is 0. The van der Waals surface area contributed by atoms with Crippen LogP contribution in [0.25, 0.3) is 10.8 Å². The molecule has 0 spiro atoms. The van der Waals surface area contributed by atoms with Crippen LogP contribution in [-0.2, 0) is 4.79 Å². The van der Waals surface area contributed by atoms with E-state index in [0.717, 1.165) is 21.3 Å². The first-order valence-corrected chi connectivity index (χ1v) is 7.93. The second-order valence-electron chi connectivity index (χ2n) is 6.41. The van der Waals surface area contributed by atoms with Gasteiger partial charge in [-0.05, 0) is 33.9 Å². The van der Waals surface area contributed by atoms with Gasteiger partial charge in [0.25, 0.3) is 0 Å². The molecule has 1 atom stereocenters. The number of hydrogen-bond acceptors (Lipinski definition) is 2. The summed E-state index contributed by atoms with van der Waals surface area (Å²) >= 11 is 0. The quantitative estimate of drug-likeness (QED) is 0.906. The van der Waals surface area contributed by atoms with Crippen LogP contribution in [0.4, 0.5) is 13.2 Å². The average molecular weight is 336 g/mol. The van der Waals surface area contributed by atoms with Crippen LogP contribution < -0.4 is 5.43 Å². The molecule has 2 aromatic carbocycles. The Morgan fingerprint density at radius 2 is 1.92 bits per heavy atom. The molecule has 0 radical (unpaired) electrons. The number of hydrogen-bond donors (Lipinski definition) is 1. The molecule has 1 aliphatic heterocycles. The van der Waals surface area contributed by atoms with Crippen LogP contribution >= 0.6 is 0 Å². The van der Waals surface area contributed by atoms with Crippen LogP contribution in [0.1, 0.15) is 43.4 Å². The van der Waals surface area contributed by atoms with Crippen molar-refractivity contribution >= 4 is 16.7 Å². The molecule has 0 aliphatic carbocycles. The Labute approximate surface area is 138 Å². The van der Waals surface area contributed by atoms with Gasteiger partial charge < -0.3 is 0 Å². The minimum absolute atomic E-state index is 0.0487. The molecule has 1 heterocycles. The molecule has 0 aromatic heterocycles. The topological polar surface area (TPSA) is 32.3 Å². The van der Waals surface area contributed by atoms with Crippen molar-refractivity contribution in [3.05, 3.63) is 47.5 Å². The maximum Gasteiger partial charge on any atom is 0.409 e. The summed E-state index contributed by atoms with van der Waals surface area (Å²) in [6.45, 7) is 4.16. The Hall–Kier alpha value is -2.08. The summed E-state index contributed by atoms with van der Waals surface area (Å²) in [5, 5.41) is 2.72. The Kier molecular flexibility index (Phi) is 4.25. The van der Waals surface area contributed by atoms with E-state index >= 15 is 0 Å². The molecular formula is C18H19F3N2O. The minimum Gasteiger partial charge on any atom is -0.288 e. The minimum atomic E-state index is -4.47. The monoisotopic (exact) mass is 336 g/mol. The van der Waals surface area contributed by atoms with E-state index in [2.05, 4.69) is 19.3 Å². The zero-order valence-corrected chi connectivity index (χ0v) is 13.5. The highest BCUT2D eigenvalue weighted by Crippen LogP contribution is 2.39. The maximum absolute atomic E-state index is 13.6. The molecule has 6 heteroatoms. The lowest BCUT2D eigenvalue weighted by Gasteiger charge is -2.29. The Balaban J connectivity index is 2.07. The Bertz CT molecular complexity index is 770. The molecule has 3 nitrogen and oxygen atoms in total. The Morgan fingerprint density at radius 1 is 1.17 bits per heavy atom. The number of hydrazine groups is 1. The normalized spacial score (nSPS) is 17.5. The number of halogens is 3. The van der Waals surface area contributed by atoms with Crippen molar-refractivity contribution in [3.63, 3.8) is 0 Å². The van der Waals surface area contributed by atoms with Gasteiger partial charge in [-0.1, -0.05) is 44.2 Å². The van der Waals surface area contributed by atoms with Gasteiger partial charge in [-0.15, -0.1) is 0 Å². The van der Waals surface area contributed by atoms with E-state index in [1.165, 1.54) is 6.07 Å². The molecule has 24 heavy (non-hydrogen) atoms. The summed E-state index contributed by atoms with van der Waals surface area (Å²) in [6, 6.07) is 8.67. The molecule has 2 aromatic rings.